The summed E-state index contributed by atoms with van der Waals surface area (Å²) in [5.41, 5.74) is 0.424. The second-order valence-electron chi connectivity index (χ2n) is 5.47. The fourth-order valence-corrected chi connectivity index (χ4v) is 2.66. The topological polar surface area (TPSA) is 86.9 Å². The minimum atomic E-state index is -1.08. The summed E-state index contributed by atoms with van der Waals surface area (Å²) in [7, 11) is 3.96. The summed E-state index contributed by atoms with van der Waals surface area (Å²) in [6, 6.07) is 4.26. The van der Waals surface area contributed by atoms with E-state index in [1.165, 1.54) is 18.2 Å². The Morgan fingerprint density at radius 1 is 1.48 bits per heavy atom. The van der Waals surface area contributed by atoms with Crippen LogP contribution in [-0.2, 0) is 0 Å². The Morgan fingerprint density at radius 3 is 2.76 bits per heavy atom. The Kier molecular flexibility index (Phi) is 4.42. The average molecular weight is 293 g/mol. The Labute approximate surface area is 122 Å². The van der Waals surface area contributed by atoms with Gasteiger partial charge in [0, 0.05) is 25.2 Å². The van der Waals surface area contributed by atoms with Crippen molar-refractivity contribution in [3.8, 4) is 0 Å². The summed E-state index contributed by atoms with van der Waals surface area (Å²) in [6.07, 6.45) is 1.97. The van der Waals surface area contributed by atoms with Crippen LogP contribution in [-0.4, -0.2) is 54.1 Å². The predicted octanol–water partition coefficient (Wildman–Crippen LogP) is 1.82. The van der Waals surface area contributed by atoms with E-state index in [0.717, 1.165) is 12.8 Å². The summed E-state index contributed by atoms with van der Waals surface area (Å²) >= 11 is 0. The van der Waals surface area contributed by atoms with Crippen molar-refractivity contribution in [1.29, 1.82) is 0 Å². The molecule has 1 aliphatic heterocycles. The molecule has 1 N–H and O–H groups in total. The normalized spacial score (nSPS) is 18.8. The first-order valence-electron chi connectivity index (χ1n) is 6.83. The number of carboxylic acid groups (broad SMARTS) is 1. The summed E-state index contributed by atoms with van der Waals surface area (Å²) in [4.78, 5) is 25.8. The molecule has 7 nitrogen and oxygen atoms in total. The lowest BCUT2D eigenvalue weighted by atomic mass is 10.0. The van der Waals surface area contributed by atoms with Gasteiger partial charge in [0.2, 0.25) is 0 Å². The molecule has 0 bridgehead atoms. The first kappa shape index (κ1) is 15.2. The van der Waals surface area contributed by atoms with Crippen LogP contribution in [0.4, 0.5) is 11.4 Å². The van der Waals surface area contributed by atoms with Gasteiger partial charge in [-0.25, -0.2) is 4.79 Å². The fourth-order valence-electron chi connectivity index (χ4n) is 2.66. The van der Waals surface area contributed by atoms with Crippen molar-refractivity contribution in [2.24, 2.45) is 0 Å². The second-order valence-corrected chi connectivity index (χ2v) is 5.47. The van der Waals surface area contributed by atoms with Gasteiger partial charge in [-0.05, 0) is 39.1 Å². The standard InChI is InChI=1S/C14H19N3O4/c1-15(2)11-4-3-7-16(9-11)13-8-10(14(18)19)5-6-12(13)17(20)21/h5-6,8,11H,3-4,7,9H2,1-2H3,(H,18,19). The molecule has 1 atom stereocenters. The largest absolute Gasteiger partial charge is 0.478 e. The molecule has 1 aromatic carbocycles. The maximum absolute atomic E-state index is 11.2. The van der Waals surface area contributed by atoms with Crippen LogP contribution in [0.25, 0.3) is 0 Å². The number of nitro groups is 1. The fraction of sp³-hybridized carbons (Fsp3) is 0.500. The van der Waals surface area contributed by atoms with Gasteiger partial charge in [0.15, 0.2) is 0 Å². The zero-order chi connectivity index (χ0) is 15.6. The molecule has 1 fully saturated rings. The lowest BCUT2D eigenvalue weighted by Gasteiger charge is -2.37. The third-order valence-electron chi connectivity index (χ3n) is 3.89. The molecule has 114 valence electrons. The number of rotatable bonds is 4. The lowest BCUT2D eigenvalue weighted by molar-refractivity contribution is -0.384. The Hall–Kier alpha value is -2.15. The zero-order valence-corrected chi connectivity index (χ0v) is 12.2. The van der Waals surface area contributed by atoms with Crippen molar-refractivity contribution < 1.29 is 14.8 Å². The van der Waals surface area contributed by atoms with Crippen molar-refractivity contribution >= 4 is 17.3 Å². The molecule has 0 aliphatic carbocycles. The SMILES string of the molecule is CN(C)C1CCCN(c2cc(C(=O)O)ccc2[N+](=O)[O-])C1. The maximum atomic E-state index is 11.2. The molecule has 0 amide bonds. The number of aromatic carboxylic acids is 1. The third-order valence-corrected chi connectivity index (χ3v) is 3.89. The van der Waals surface area contributed by atoms with Crippen LogP contribution in [0.1, 0.15) is 23.2 Å². The number of likely N-dealkylation sites (N-methyl/N-ethyl adjacent to an activating group) is 1. The molecule has 0 aromatic heterocycles. The number of piperidine rings is 1. The van der Waals surface area contributed by atoms with Gasteiger partial charge in [-0.15, -0.1) is 0 Å². The van der Waals surface area contributed by atoms with E-state index in [9.17, 15) is 14.9 Å². The quantitative estimate of drug-likeness (QED) is 0.673. The van der Waals surface area contributed by atoms with Gasteiger partial charge in [0.25, 0.3) is 5.69 Å². The molecule has 0 radical (unpaired) electrons. The molecule has 2 rings (SSSR count). The Morgan fingerprint density at radius 2 is 2.19 bits per heavy atom. The third kappa shape index (κ3) is 3.30. The number of nitro benzene ring substituents is 1. The summed E-state index contributed by atoms with van der Waals surface area (Å²) in [5, 5.41) is 20.3. The zero-order valence-electron chi connectivity index (χ0n) is 12.2. The number of carbonyl (C=O) groups is 1. The van der Waals surface area contributed by atoms with Gasteiger partial charge in [0.1, 0.15) is 5.69 Å². The van der Waals surface area contributed by atoms with E-state index in [4.69, 9.17) is 5.11 Å². The Bertz CT molecular complexity index is 559. The molecule has 1 unspecified atom stereocenters. The van der Waals surface area contributed by atoms with Gasteiger partial charge in [-0.3, -0.25) is 10.1 Å². The molecular formula is C14H19N3O4. The van der Waals surface area contributed by atoms with E-state index in [2.05, 4.69) is 4.90 Å². The van der Waals surface area contributed by atoms with Gasteiger partial charge in [-0.2, -0.15) is 0 Å². The second kappa shape index (κ2) is 6.09. The summed E-state index contributed by atoms with van der Waals surface area (Å²) in [5.74, 6) is -1.08. The van der Waals surface area contributed by atoms with E-state index in [0.29, 0.717) is 24.8 Å². The molecule has 0 spiro atoms. The smallest absolute Gasteiger partial charge is 0.335 e. The van der Waals surface area contributed by atoms with Gasteiger partial charge in [0.05, 0.1) is 10.5 Å². The van der Waals surface area contributed by atoms with Crippen molar-refractivity contribution in [3.63, 3.8) is 0 Å². The lowest BCUT2D eigenvalue weighted by Crippen LogP contribution is -2.45. The minimum absolute atomic E-state index is 0.0422. The van der Waals surface area contributed by atoms with E-state index in [1.54, 1.807) is 0 Å². The summed E-state index contributed by atoms with van der Waals surface area (Å²) in [6.45, 7) is 1.37. The van der Waals surface area contributed by atoms with Gasteiger partial charge < -0.3 is 14.9 Å². The number of benzene rings is 1. The monoisotopic (exact) mass is 293 g/mol. The number of carboxylic acids is 1. The molecule has 1 heterocycles. The maximum Gasteiger partial charge on any atom is 0.335 e. The van der Waals surface area contributed by atoms with Crippen LogP contribution >= 0.6 is 0 Å². The number of hydrogen-bond acceptors (Lipinski definition) is 5. The van der Waals surface area contributed by atoms with E-state index < -0.39 is 10.9 Å². The molecule has 1 aliphatic rings. The van der Waals surface area contributed by atoms with E-state index in [-0.39, 0.29) is 11.3 Å². The first-order valence-corrected chi connectivity index (χ1v) is 6.83. The number of nitrogens with zero attached hydrogens (tertiary/aromatic N) is 3. The molecule has 7 heteroatoms. The van der Waals surface area contributed by atoms with Crippen LogP contribution in [0.15, 0.2) is 18.2 Å². The van der Waals surface area contributed by atoms with Crippen LogP contribution in [0.5, 0.6) is 0 Å². The molecule has 0 saturated carbocycles. The highest BCUT2D eigenvalue weighted by atomic mass is 16.6. The average Bonchev–Trinajstić information content (AvgIpc) is 2.46. The van der Waals surface area contributed by atoms with Crippen LogP contribution < -0.4 is 4.90 Å². The first-order chi connectivity index (χ1) is 9.90. The van der Waals surface area contributed by atoms with Crippen LogP contribution in [0.2, 0.25) is 0 Å². The summed E-state index contributed by atoms with van der Waals surface area (Å²) < 4.78 is 0. The van der Waals surface area contributed by atoms with Crippen LogP contribution in [0.3, 0.4) is 0 Å². The van der Waals surface area contributed by atoms with E-state index in [1.807, 2.05) is 19.0 Å². The van der Waals surface area contributed by atoms with Gasteiger partial charge >= 0.3 is 5.97 Å². The molecule has 21 heavy (non-hydrogen) atoms. The molecular weight excluding hydrogens is 274 g/mol. The highest BCUT2D eigenvalue weighted by Gasteiger charge is 2.27. The Balaban J connectivity index is 2.37. The van der Waals surface area contributed by atoms with Crippen molar-refractivity contribution in [1.82, 2.24) is 4.90 Å². The van der Waals surface area contributed by atoms with E-state index >= 15 is 0 Å². The highest BCUT2D eigenvalue weighted by Crippen LogP contribution is 2.32. The van der Waals surface area contributed by atoms with Crippen molar-refractivity contribution in [3.05, 3.63) is 33.9 Å². The number of anilines is 1. The highest BCUT2D eigenvalue weighted by molar-refractivity contribution is 5.90. The van der Waals surface area contributed by atoms with Crippen molar-refractivity contribution in [2.45, 2.75) is 18.9 Å². The van der Waals surface area contributed by atoms with Gasteiger partial charge in [-0.1, -0.05) is 0 Å². The minimum Gasteiger partial charge on any atom is -0.478 e. The van der Waals surface area contributed by atoms with Crippen molar-refractivity contribution in [2.75, 3.05) is 32.1 Å². The number of hydrogen-bond donors (Lipinski definition) is 1. The molecule has 1 saturated heterocycles. The molecule has 1 aromatic rings. The van der Waals surface area contributed by atoms with Crippen LogP contribution in [0, 0.1) is 10.1 Å². The predicted molar refractivity (Wildman–Crippen MR) is 79.0 cm³/mol.